The average molecular weight is 678 g/mol. The molecule has 0 bridgehead atoms. The van der Waals surface area contributed by atoms with Gasteiger partial charge in [0.25, 0.3) is 11.1 Å². The van der Waals surface area contributed by atoms with Crippen LogP contribution in [0.25, 0.3) is 0 Å². The fourth-order valence-corrected chi connectivity index (χ4v) is 4.03. The number of nitrogens with zero attached hydrogens (tertiary/aromatic N) is 3. The summed E-state index contributed by atoms with van der Waals surface area (Å²) in [6.45, 7) is 11.8. The Bertz CT molecular complexity index is 1520. The van der Waals surface area contributed by atoms with Gasteiger partial charge in [-0.15, -0.1) is 0 Å². The molecule has 8 N–H and O–H groups in total. The van der Waals surface area contributed by atoms with E-state index >= 15 is 0 Å². The predicted octanol–water partition coefficient (Wildman–Crippen LogP) is 1.13. The van der Waals surface area contributed by atoms with E-state index in [9.17, 15) is 28.8 Å². The molecule has 2 aromatic heterocycles. The first-order valence-electron chi connectivity index (χ1n) is 15.3. The summed E-state index contributed by atoms with van der Waals surface area (Å²) < 4.78 is 10.4. The Hall–Kier alpha value is -5.20. The van der Waals surface area contributed by atoms with E-state index in [1.165, 1.54) is 12.1 Å². The summed E-state index contributed by atoms with van der Waals surface area (Å²) in [6, 6.07) is 1.50. The highest BCUT2D eigenvalue weighted by molar-refractivity contribution is 5.88. The summed E-state index contributed by atoms with van der Waals surface area (Å²) in [5, 5.41) is 15.7. The molecule has 266 valence electrons. The van der Waals surface area contributed by atoms with Crippen LogP contribution in [0.4, 0.5) is 31.1 Å². The third-order valence-corrected chi connectivity index (χ3v) is 6.56. The van der Waals surface area contributed by atoms with Crippen molar-refractivity contribution in [2.45, 2.75) is 65.5 Å². The molecule has 0 spiro atoms. The van der Waals surface area contributed by atoms with Crippen LogP contribution in [0.1, 0.15) is 51.9 Å². The zero-order valence-electron chi connectivity index (χ0n) is 28.4. The molecule has 0 aliphatic heterocycles. The molecule has 0 radical (unpaired) electrons. The third kappa shape index (κ3) is 16.4. The predicted molar refractivity (Wildman–Crippen MR) is 177 cm³/mol. The van der Waals surface area contributed by atoms with E-state index in [4.69, 9.17) is 9.47 Å². The van der Waals surface area contributed by atoms with E-state index in [2.05, 4.69) is 51.8 Å². The van der Waals surface area contributed by atoms with Crippen molar-refractivity contribution in [1.82, 2.24) is 46.1 Å². The molecule has 0 aromatic carbocycles. The number of anilines is 2. The number of hydrogen-bond donors (Lipinski definition) is 8. The van der Waals surface area contributed by atoms with Crippen molar-refractivity contribution >= 4 is 36.1 Å². The first kappa shape index (κ1) is 39.0. The maximum atomic E-state index is 12.3. The Balaban J connectivity index is 1.55. The lowest BCUT2D eigenvalue weighted by Crippen LogP contribution is -2.47. The van der Waals surface area contributed by atoms with Gasteiger partial charge in [0.2, 0.25) is 11.9 Å². The van der Waals surface area contributed by atoms with Crippen LogP contribution in [-0.4, -0.2) is 107 Å². The third-order valence-electron chi connectivity index (χ3n) is 6.56. The number of carbonyl (C=O) groups excluding carboxylic acids is 4. The van der Waals surface area contributed by atoms with Crippen LogP contribution in [0.15, 0.2) is 21.7 Å². The Kier molecular flexibility index (Phi) is 14.8. The van der Waals surface area contributed by atoms with Crippen LogP contribution in [0.2, 0.25) is 0 Å². The topological polar surface area (TPSA) is 254 Å². The van der Waals surface area contributed by atoms with Gasteiger partial charge in [-0.05, 0) is 61.4 Å². The summed E-state index contributed by atoms with van der Waals surface area (Å²) >= 11 is 0. The van der Waals surface area contributed by atoms with Gasteiger partial charge in [0.05, 0.1) is 0 Å². The Morgan fingerprint density at radius 1 is 0.729 bits per heavy atom. The quantitative estimate of drug-likeness (QED) is 0.125. The molecule has 0 saturated heterocycles. The van der Waals surface area contributed by atoms with Crippen molar-refractivity contribution in [2.75, 3.05) is 57.1 Å². The number of rotatable bonds is 16. The molecule has 6 amide bonds. The molecule has 0 saturated carbocycles. The van der Waals surface area contributed by atoms with Crippen LogP contribution < -0.4 is 43.0 Å². The van der Waals surface area contributed by atoms with Gasteiger partial charge in [-0.25, -0.2) is 29.1 Å². The number of hydrogen-bond acceptors (Lipinski definition) is 11. The summed E-state index contributed by atoms with van der Waals surface area (Å²) in [7, 11) is 1.78. The van der Waals surface area contributed by atoms with Crippen LogP contribution in [0, 0.1) is 13.8 Å². The lowest BCUT2D eigenvalue weighted by molar-refractivity contribution is 0.110. The van der Waals surface area contributed by atoms with E-state index in [-0.39, 0.29) is 49.3 Å². The summed E-state index contributed by atoms with van der Waals surface area (Å²) in [6.07, 6.45) is -0.446. The molecule has 2 rings (SSSR count). The zero-order chi connectivity index (χ0) is 35.9. The van der Waals surface area contributed by atoms with Gasteiger partial charge in [0.1, 0.15) is 13.2 Å². The monoisotopic (exact) mass is 677 g/mol. The summed E-state index contributed by atoms with van der Waals surface area (Å²) in [5.74, 6) is 0.0614. The number of aryl methyl sites for hydroxylation is 2. The lowest BCUT2D eigenvalue weighted by atomic mass is 10.0. The minimum atomic E-state index is -0.695. The number of ether oxygens (including phenoxy) is 2. The van der Waals surface area contributed by atoms with Crippen molar-refractivity contribution in [2.24, 2.45) is 0 Å². The number of alkyl carbamates (subject to hydrolysis) is 2. The van der Waals surface area contributed by atoms with Gasteiger partial charge in [0, 0.05) is 60.8 Å². The SMILES string of the molecule is Cc1cc(=O)[nH]c(NC(=O)NCCC(C)(C)NC(=O)OCCN(C)CCOC(=O)NCCC(C)(C)NC(=O)Nc2nc(C)cc(=O)[nH]2)n1. The fraction of sp³-hybridized carbons (Fsp3) is 0.586. The first-order valence-corrected chi connectivity index (χ1v) is 15.3. The van der Waals surface area contributed by atoms with E-state index in [0.29, 0.717) is 37.3 Å². The second-order valence-corrected chi connectivity index (χ2v) is 12.3. The van der Waals surface area contributed by atoms with Gasteiger partial charge in [-0.2, -0.15) is 0 Å². The van der Waals surface area contributed by atoms with Crippen LogP contribution >= 0.6 is 0 Å². The molecular weight excluding hydrogens is 630 g/mol. The maximum absolute atomic E-state index is 12.3. The Morgan fingerprint density at radius 2 is 1.19 bits per heavy atom. The molecular formula is C29H47N11O8. The van der Waals surface area contributed by atoms with Gasteiger partial charge < -0.3 is 30.7 Å². The minimum absolute atomic E-state index is 0.0290. The van der Waals surface area contributed by atoms with Gasteiger partial charge in [0.15, 0.2) is 0 Å². The lowest BCUT2D eigenvalue weighted by Gasteiger charge is -2.26. The second-order valence-electron chi connectivity index (χ2n) is 12.3. The van der Waals surface area contributed by atoms with Gasteiger partial charge in [-0.1, -0.05) is 0 Å². The molecule has 19 heteroatoms. The standard InChI is InChI=1S/C29H47N11O8/c1-18-16-20(41)34-22(32-18)36-24(43)30-10-8-29(5,6)39-27(46)48-15-13-40(7)12-14-47-26(45)31-11-9-28(3,4)38-25(44)37-23-33-19(2)17-21(42)35-23/h16-17H,8-15H2,1-7H3,(H,31,45)(H,39,46)(H3,30,32,34,36,41,43)(H3,33,35,37,38,42,44). The molecule has 19 nitrogen and oxygen atoms in total. The van der Waals surface area contributed by atoms with Crippen molar-refractivity contribution in [3.05, 3.63) is 44.2 Å². The molecule has 2 aromatic rings. The van der Waals surface area contributed by atoms with Crippen molar-refractivity contribution < 1.29 is 28.7 Å². The van der Waals surface area contributed by atoms with Gasteiger partial charge >= 0.3 is 24.2 Å². The molecule has 0 aliphatic rings. The molecule has 48 heavy (non-hydrogen) atoms. The zero-order valence-corrected chi connectivity index (χ0v) is 28.4. The first-order chi connectivity index (χ1) is 22.4. The number of H-pyrrole nitrogens is 2. The highest BCUT2D eigenvalue weighted by Gasteiger charge is 2.22. The summed E-state index contributed by atoms with van der Waals surface area (Å²) in [4.78, 5) is 86.5. The number of amides is 6. The number of urea groups is 2. The molecule has 0 atom stereocenters. The smallest absolute Gasteiger partial charge is 0.407 e. The van der Waals surface area contributed by atoms with Crippen molar-refractivity contribution in [3.8, 4) is 0 Å². The van der Waals surface area contributed by atoms with E-state index in [1.54, 1.807) is 48.6 Å². The maximum Gasteiger partial charge on any atom is 0.407 e. The molecule has 0 fully saturated rings. The molecule has 2 heterocycles. The van der Waals surface area contributed by atoms with Crippen LogP contribution in [0.3, 0.4) is 0 Å². The average Bonchev–Trinajstić information content (AvgIpc) is 2.90. The number of likely N-dealkylation sites (N-methyl/N-ethyl adjacent to an activating group) is 1. The number of nitrogens with one attached hydrogen (secondary N) is 8. The van der Waals surface area contributed by atoms with E-state index in [0.717, 1.165) is 0 Å². The van der Waals surface area contributed by atoms with Crippen LogP contribution in [0.5, 0.6) is 0 Å². The fourth-order valence-electron chi connectivity index (χ4n) is 4.03. The Labute approximate surface area is 277 Å². The summed E-state index contributed by atoms with van der Waals surface area (Å²) in [5.41, 5.74) is -1.22. The number of aromatic amines is 2. The second kappa shape index (κ2) is 18.2. The molecule has 0 unspecified atom stereocenters. The number of aromatic nitrogens is 4. The van der Waals surface area contributed by atoms with Gasteiger partial charge in [-0.3, -0.25) is 35.1 Å². The minimum Gasteiger partial charge on any atom is -0.448 e. The Morgan fingerprint density at radius 3 is 1.71 bits per heavy atom. The van der Waals surface area contributed by atoms with Crippen molar-refractivity contribution in [3.63, 3.8) is 0 Å². The van der Waals surface area contributed by atoms with E-state index in [1.807, 2.05) is 4.90 Å². The highest BCUT2D eigenvalue weighted by Crippen LogP contribution is 2.09. The van der Waals surface area contributed by atoms with Crippen LogP contribution in [-0.2, 0) is 9.47 Å². The van der Waals surface area contributed by atoms with E-state index < -0.39 is 35.3 Å². The molecule has 0 aliphatic carbocycles. The highest BCUT2D eigenvalue weighted by atomic mass is 16.6. The number of carbonyl (C=O) groups is 4. The normalized spacial score (nSPS) is 11.3. The van der Waals surface area contributed by atoms with Crippen molar-refractivity contribution in [1.29, 1.82) is 0 Å². The largest absolute Gasteiger partial charge is 0.448 e.